The van der Waals surface area contributed by atoms with Crippen LogP contribution >= 0.6 is 11.6 Å². The number of nitrogens with zero attached hydrogens (tertiary/aromatic N) is 2. The molecule has 0 aromatic heterocycles. The van der Waals surface area contributed by atoms with Gasteiger partial charge in [0.1, 0.15) is 10.6 Å². The molecular formula is C18H21ClN2O3S. The minimum Gasteiger partial charge on any atom is -0.497 e. The standard InChI is InChI=1S/C18H21ClN2O3S/c1-24-16-6-4-5-15(13-16)14-20-9-11-21(12-10-20)25(22,23)18-8-3-2-7-17(18)19/h2-8,13H,9-12,14H2,1H3. The van der Waals surface area contributed by atoms with E-state index in [0.29, 0.717) is 26.2 Å². The van der Waals surface area contributed by atoms with Crippen molar-refractivity contribution in [2.75, 3.05) is 33.3 Å². The number of rotatable bonds is 5. The normalized spacial score (nSPS) is 16.7. The summed E-state index contributed by atoms with van der Waals surface area (Å²) in [6.07, 6.45) is 0. The minimum atomic E-state index is -3.54. The van der Waals surface area contributed by atoms with E-state index in [1.165, 1.54) is 4.31 Å². The summed E-state index contributed by atoms with van der Waals surface area (Å²) in [5.74, 6) is 0.831. The number of methoxy groups -OCH3 is 1. The van der Waals surface area contributed by atoms with Crippen LogP contribution in [0.1, 0.15) is 5.56 Å². The number of ether oxygens (including phenoxy) is 1. The van der Waals surface area contributed by atoms with Gasteiger partial charge in [0.25, 0.3) is 0 Å². The molecule has 25 heavy (non-hydrogen) atoms. The molecule has 0 amide bonds. The molecule has 1 aliphatic rings. The predicted octanol–water partition coefficient (Wildman–Crippen LogP) is 2.86. The molecule has 1 saturated heterocycles. The zero-order chi connectivity index (χ0) is 17.9. The average molecular weight is 381 g/mol. The van der Waals surface area contributed by atoms with Crippen LogP contribution in [0.25, 0.3) is 0 Å². The second kappa shape index (κ2) is 7.74. The summed E-state index contributed by atoms with van der Waals surface area (Å²) in [4.78, 5) is 2.42. The van der Waals surface area contributed by atoms with E-state index in [4.69, 9.17) is 16.3 Å². The molecule has 1 heterocycles. The Bertz CT molecular complexity index is 834. The Labute approximate surface area is 153 Å². The fourth-order valence-corrected chi connectivity index (χ4v) is 4.87. The van der Waals surface area contributed by atoms with Crippen LogP contribution < -0.4 is 4.74 Å². The van der Waals surface area contributed by atoms with Gasteiger partial charge in [-0.15, -0.1) is 0 Å². The summed E-state index contributed by atoms with van der Waals surface area (Å²) in [6, 6.07) is 14.5. The Morgan fingerprint density at radius 1 is 1.04 bits per heavy atom. The highest BCUT2D eigenvalue weighted by atomic mass is 35.5. The Balaban J connectivity index is 1.64. The van der Waals surface area contributed by atoms with Crippen LogP contribution in [0.4, 0.5) is 0 Å². The first-order chi connectivity index (χ1) is 12.0. The quantitative estimate of drug-likeness (QED) is 0.800. The number of halogens is 1. The van der Waals surface area contributed by atoms with Gasteiger partial charge in [-0.3, -0.25) is 4.90 Å². The molecule has 0 radical (unpaired) electrons. The van der Waals surface area contributed by atoms with Crippen molar-refractivity contribution in [3.63, 3.8) is 0 Å². The van der Waals surface area contributed by atoms with Gasteiger partial charge in [0.15, 0.2) is 0 Å². The predicted molar refractivity (Wildman–Crippen MR) is 98.5 cm³/mol. The molecule has 0 N–H and O–H groups in total. The van der Waals surface area contributed by atoms with Gasteiger partial charge < -0.3 is 4.74 Å². The van der Waals surface area contributed by atoms with Gasteiger partial charge in [0.2, 0.25) is 10.0 Å². The van der Waals surface area contributed by atoms with E-state index < -0.39 is 10.0 Å². The summed E-state index contributed by atoms with van der Waals surface area (Å²) >= 11 is 6.06. The first kappa shape index (κ1) is 18.2. The molecule has 1 fully saturated rings. The number of hydrogen-bond donors (Lipinski definition) is 0. The van der Waals surface area contributed by atoms with E-state index in [9.17, 15) is 8.42 Å². The Morgan fingerprint density at radius 3 is 2.44 bits per heavy atom. The second-order valence-electron chi connectivity index (χ2n) is 5.96. The second-order valence-corrected chi connectivity index (χ2v) is 8.28. The summed E-state index contributed by atoms with van der Waals surface area (Å²) in [5, 5.41) is 0.265. The van der Waals surface area contributed by atoms with Crippen molar-refractivity contribution in [3.05, 3.63) is 59.1 Å². The van der Waals surface area contributed by atoms with E-state index in [-0.39, 0.29) is 9.92 Å². The molecule has 7 heteroatoms. The third kappa shape index (κ3) is 4.15. The van der Waals surface area contributed by atoms with Crippen LogP contribution in [0.2, 0.25) is 5.02 Å². The van der Waals surface area contributed by atoms with Gasteiger partial charge >= 0.3 is 0 Å². The zero-order valence-corrected chi connectivity index (χ0v) is 15.6. The number of piperazine rings is 1. The topological polar surface area (TPSA) is 49.9 Å². The monoisotopic (exact) mass is 380 g/mol. The average Bonchev–Trinajstić information content (AvgIpc) is 2.62. The first-order valence-corrected chi connectivity index (χ1v) is 9.92. The summed E-state index contributed by atoms with van der Waals surface area (Å²) in [6.45, 7) is 3.05. The summed E-state index contributed by atoms with van der Waals surface area (Å²) in [5.41, 5.74) is 1.15. The van der Waals surface area contributed by atoms with Gasteiger partial charge in [-0.25, -0.2) is 8.42 Å². The molecule has 2 aromatic carbocycles. The van der Waals surface area contributed by atoms with Crippen molar-refractivity contribution in [2.45, 2.75) is 11.4 Å². The van der Waals surface area contributed by atoms with Gasteiger partial charge in [0, 0.05) is 32.7 Å². The summed E-state index contributed by atoms with van der Waals surface area (Å²) in [7, 11) is -1.89. The lowest BCUT2D eigenvalue weighted by atomic mass is 10.2. The molecule has 1 aliphatic heterocycles. The van der Waals surface area contributed by atoms with E-state index in [1.807, 2.05) is 18.2 Å². The van der Waals surface area contributed by atoms with Crippen LogP contribution in [0.5, 0.6) is 5.75 Å². The van der Waals surface area contributed by atoms with Crippen molar-refractivity contribution in [1.82, 2.24) is 9.21 Å². The Kier molecular flexibility index (Phi) is 5.64. The smallest absolute Gasteiger partial charge is 0.244 e. The van der Waals surface area contributed by atoms with Crippen LogP contribution in [0.3, 0.4) is 0 Å². The highest BCUT2D eigenvalue weighted by molar-refractivity contribution is 7.89. The van der Waals surface area contributed by atoms with Crippen molar-refractivity contribution in [1.29, 1.82) is 0 Å². The van der Waals surface area contributed by atoms with Crippen molar-refractivity contribution >= 4 is 21.6 Å². The summed E-state index contributed by atoms with van der Waals surface area (Å²) < 4.78 is 32.3. The highest BCUT2D eigenvalue weighted by Crippen LogP contribution is 2.25. The molecule has 0 spiro atoms. The van der Waals surface area contributed by atoms with Crippen molar-refractivity contribution in [2.24, 2.45) is 0 Å². The lowest BCUT2D eigenvalue weighted by Gasteiger charge is -2.34. The van der Waals surface area contributed by atoms with Crippen LogP contribution in [-0.2, 0) is 16.6 Å². The fraction of sp³-hybridized carbons (Fsp3) is 0.333. The molecule has 3 rings (SSSR count). The van der Waals surface area contributed by atoms with Gasteiger partial charge in [-0.1, -0.05) is 35.9 Å². The van der Waals surface area contributed by atoms with Gasteiger partial charge in [0.05, 0.1) is 12.1 Å². The molecule has 0 atom stereocenters. The van der Waals surface area contributed by atoms with Gasteiger partial charge in [-0.05, 0) is 29.8 Å². The van der Waals surface area contributed by atoms with E-state index in [0.717, 1.165) is 17.9 Å². The molecule has 134 valence electrons. The lowest BCUT2D eigenvalue weighted by Crippen LogP contribution is -2.48. The molecule has 0 saturated carbocycles. The number of hydrogen-bond acceptors (Lipinski definition) is 4. The third-order valence-electron chi connectivity index (χ3n) is 4.33. The Hall–Kier alpha value is -1.60. The van der Waals surface area contributed by atoms with Crippen LogP contribution in [0, 0.1) is 0 Å². The fourth-order valence-electron chi connectivity index (χ4n) is 2.95. The van der Waals surface area contributed by atoms with Crippen molar-refractivity contribution in [3.8, 4) is 5.75 Å². The number of benzene rings is 2. The molecule has 0 bridgehead atoms. The number of sulfonamides is 1. The van der Waals surface area contributed by atoms with E-state index >= 15 is 0 Å². The van der Waals surface area contributed by atoms with E-state index in [1.54, 1.807) is 31.4 Å². The largest absolute Gasteiger partial charge is 0.497 e. The molecule has 0 aliphatic carbocycles. The van der Waals surface area contributed by atoms with Gasteiger partial charge in [-0.2, -0.15) is 4.31 Å². The maximum atomic E-state index is 12.8. The maximum absolute atomic E-state index is 12.8. The molecular weight excluding hydrogens is 360 g/mol. The third-order valence-corrected chi connectivity index (χ3v) is 6.72. The van der Waals surface area contributed by atoms with Crippen LogP contribution in [-0.4, -0.2) is 50.9 Å². The molecule has 2 aromatic rings. The first-order valence-electron chi connectivity index (χ1n) is 8.10. The zero-order valence-electron chi connectivity index (χ0n) is 14.1. The molecule has 5 nitrogen and oxygen atoms in total. The maximum Gasteiger partial charge on any atom is 0.244 e. The highest BCUT2D eigenvalue weighted by Gasteiger charge is 2.29. The molecule has 0 unspecified atom stereocenters. The minimum absolute atomic E-state index is 0.179. The SMILES string of the molecule is COc1cccc(CN2CCN(S(=O)(=O)c3ccccc3Cl)CC2)c1. The van der Waals surface area contributed by atoms with Crippen molar-refractivity contribution < 1.29 is 13.2 Å². The van der Waals surface area contributed by atoms with Crippen LogP contribution in [0.15, 0.2) is 53.4 Å². The Morgan fingerprint density at radius 2 is 1.76 bits per heavy atom. The lowest BCUT2D eigenvalue weighted by molar-refractivity contribution is 0.181. The van der Waals surface area contributed by atoms with E-state index in [2.05, 4.69) is 11.0 Å².